The highest BCUT2D eigenvalue weighted by atomic mass is 79.9. The summed E-state index contributed by atoms with van der Waals surface area (Å²) < 4.78 is 13.8. The first-order valence-electron chi connectivity index (χ1n) is 5.87. The molecule has 1 N–H and O–H groups in total. The molecule has 0 fully saturated rings. The molecule has 2 rings (SSSR count). The zero-order valence-corrected chi connectivity index (χ0v) is 12.2. The van der Waals surface area contributed by atoms with Crippen LogP contribution in [0.1, 0.15) is 11.1 Å². The molecule has 106 valence electrons. The number of nitrogens with one attached hydrogen (secondary N) is 1. The quantitative estimate of drug-likeness (QED) is 0.668. The summed E-state index contributed by atoms with van der Waals surface area (Å²) >= 11 is 3.18. The molecule has 0 heterocycles. The largest absolute Gasteiger partial charge is 0.381 e. The Kier molecular flexibility index (Phi) is 4.50. The van der Waals surface area contributed by atoms with Crippen molar-refractivity contribution in [1.29, 1.82) is 5.26 Å². The highest BCUT2D eigenvalue weighted by Gasteiger charge is 2.14. The number of hydrogen-bond acceptors (Lipinski definition) is 4. The minimum atomic E-state index is -0.599. The number of nitriles is 1. The van der Waals surface area contributed by atoms with Crippen LogP contribution in [0.3, 0.4) is 0 Å². The molecule has 0 aromatic heterocycles. The van der Waals surface area contributed by atoms with Gasteiger partial charge in [-0.1, -0.05) is 15.9 Å². The molecule has 0 radical (unpaired) electrons. The summed E-state index contributed by atoms with van der Waals surface area (Å²) in [4.78, 5) is 10.5. The van der Waals surface area contributed by atoms with Crippen LogP contribution in [0.2, 0.25) is 0 Å². The maximum Gasteiger partial charge on any atom is 0.275 e. The van der Waals surface area contributed by atoms with Gasteiger partial charge in [-0.05, 0) is 30.3 Å². The average molecular weight is 350 g/mol. The maximum atomic E-state index is 13.2. The van der Waals surface area contributed by atoms with Crippen LogP contribution < -0.4 is 5.32 Å². The molecule has 0 saturated heterocycles. The summed E-state index contributed by atoms with van der Waals surface area (Å²) in [5, 5.41) is 22.7. The molecule has 0 aliphatic heterocycles. The van der Waals surface area contributed by atoms with Crippen molar-refractivity contribution in [3.05, 3.63) is 67.9 Å². The van der Waals surface area contributed by atoms with Crippen LogP contribution in [0.15, 0.2) is 40.9 Å². The smallest absolute Gasteiger partial charge is 0.275 e. The lowest BCUT2D eigenvalue weighted by Crippen LogP contribution is -2.03. The normalized spacial score (nSPS) is 9.95. The molecule has 0 spiro atoms. The number of nitrogens with zero attached hydrogens (tertiary/aromatic N) is 2. The highest BCUT2D eigenvalue weighted by molar-refractivity contribution is 9.10. The fraction of sp³-hybridized carbons (Fsp3) is 0.0714. The maximum absolute atomic E-state index is 13.2. The lowest BCUT2D eigenvalue weighted by Gasteiger charge is -2.08. The number of benzene rings is 2. The van der Waals surface area contributed by atoms with E-state index in [-0.39, 0.29) is 17.8 Å². The number of anilines is 1. The number of nitro benzene ring substituents is 1. The Morgan fingerprint density at radius 1 is 1.33 bits per heavy atom. The number of rotatable bonds is 4. The van der Waals surface area contributed by atoms with Gasteiger partial charge in [0.25, 0.3) is 5.69 Å². The Labute approximate surface area is 128 Å². The molecule has 0 atom stereocenters. The fourth-order valence-electron chi connectivity index (χ4n) is 1.77. The van der Waals surface area contributed by atoms with E-state index >= 15 is 0 Å². The Morgan fingerprint density at radius 3 is 2.76 bits per heavy atom. The third-order valence-corrected chi connectivity index (χ3v) is 3.31. The van der Waals surface area contributed by atoms with E-state index in [1.54, 1.807) is 18.2 Å². The second-order valence-corrected chi connectivity index (χ2v) is 5.11. The monoisotopic (exact) mass is 349 g/mol. The van der Waals surface area contributed by atoms with E-state index in [1.807, 2.05) is 0 Å². The molecule has 0 unspecified atom stereocenters. The first-order valence-corrected chi connectivity index (χ1v) is 6.67. The molecule has 0 aliphatic rings. The predicted octanol–water partition coefficient (Wildman–Crippen LogP) is 3.98. The number of nitro groups is 1. The summed E-state index contributed by atoms with van der Waals surface area (Å²) in [6.45, 7) is 0.195. The van der Waals surface area contributed by atoms with Crippen molar-refractivity contribution < 1.29 is 9.31 Å². The van der Waals surface area contributed by atoms with E-state index < -0.39 is 10.7 Å². The summed E-state index contributed by atoms with van der Waals surface area (Å²) in [6, 6.07) is 10.5. The van der Waals surface area contributed by atoms with E-state index in [0.717, 1.165) is 0 Å². The Balaban J connectivity index is 2.21. The van der Waals surface area contributed by atoms with Gasteiger partial charge >= 0.3 is 0 Å². The van der Waals surface area contributed by atoms with Crippen LogP contribution in [-0.2, 0) is 6.54 Å². The molecular weight excluding hydrogens is 341 g/mol. The van der Waals surface area contributed by atoms with Crippen LogP contribution in [-0.4, -0.2) is 4.92 Å². The standard InChI is InChI=1S/C14H9BrFN3O2/c15-11-2-1-9(14(6-11)19(20)21)8-18-12-3-4-13(16)10(5-12)7-17/h1-6,18H,8H2. The lowest BCUT2D eigenvalue weighted by molar-refractivity contribution is -0.385. The Bertz CT molecular complexity index is 743. The highest BCUT2D eigenvalue weighted by Crippen LogP contribution is 2.24. The van der Waals surface area contributed by atoms with E-state index in [0.29, 0.717) is 15.7 Å². The summed E-state index contributed by atoms with van der Waals surface area (Å²) in [5.74, 6) is -0.599. The van der Waals surface area contributed by atoms with Crippen LogP contribution in [0.4, 0.5) is 15.8 Å². The van der Waals surface area contributed by atoms with Gasteiger partial charge in [-0.15, -0.1) is 0 Å². The molecule has 5 nitrogen and oxygen atoms in total. The minimum Gasteiger partial charge on any atom is -0.381 e. The van der Waals surface area contributed by atoms with Crippen LogP contribution in [0, 0.1) is 27.3 Å². The van der Waals surface area contributed by atoms with Gasteiger partial charge in [-0.2, -0.15) is 5.26 Å². The van der Waals surface area contributed by atoms with Gasteiger partial charge in [-0.3, -0.25) is 10.1 Å². The number of hydrogen-bond donors (Lipinski definition) is 1. The van der Waals surface area contributed by atoms with Crippen molar-refractivity contribution in [3.63, 3.8) is 0 Å². The second-order valence-electron chi connectivity index (χ2n) is 4.19. The zero-order chi connectivity index (χ0) is 15.4. The third kappa shape index (κ3) is 3.55. The van der Waals surface area contributed by atoms with Gasteiger partial charge in [0.1, 0.15) is 11.9 Å². The molecule has 0 saturated carbocycles. The SMILES string of the molecule is N#Cc1cc(NCc2ccc(Br)cc2[N+](=O)[O-])ccc1F. The van der Waals surface area contributed by atoms with Crippen molar-refractivity contribution in [2.75, 3.05) is 5.32 Å². The first kappa shape index (κ1) is 14.9. The van der Waals surface area contributed by atoms with Gasteiger partial charge in [-0.25, -0.2) is 4.39 Å². The van der Waals surface area contributed by atoms with Crippen molar-refractivity contribution in [3.8, 4) is 6.07 Å². The average Bonchev–Trinajstić information content (AvgIpc) is 2.47. The molecule has 2 aromatic carbocycles. The van der Waals surface area contributed by atoms with E-state index in [1.165, 1.54) is 24.3 Å². The number of halogens is 2. The molecule has 7 heteroatoms. The molecule has 21 heavy (non-hydrogen) atoms. The summed E-state index contributed by atoms with van der Waals surface area (Å²) in [7, 11) is 0. The van der Waals surface area contributed by atoms with Crippen molar-refractivity contribution in [1.82, 2.24) is 0 Å². The van der Waals surface area contributed by atoms with Gasteiger partial charge in [0.15, 0.2) is 0 Å². The molecule has 0 aliphatic carbocycles. The topological polar surface area (TPSA) is 79.0 Å². The van der Waals surface area contributed by atoms with E-state index in [2.05, 4.69) is 21.2 Å². The Morgan fingerprint density at radius 2 is 2.10 bits per heavy atom. The second kappa shape index (κ2) is 6.33. The molecular formula is C14H9BrFN3O2. The van der Waals surface area contributed by atoms with Gasteiger partial charge in [0.2, 0.25) is 0 Å². The summed E-state index contributed by atoms with van der Waals surface area (Å²) in [6.07, 6.45) is 0. The third-order valence-electron chi connectivity index (χ3n) is 2.81. The van der Waals surface area contributed by atoms with Gasteiger partial charge < -0.3 is 5.32 Å². The molecule has 0 amide bonds. The Hall–Kier alpha value is -2.46. The summed E-state index contributed by atoms with van der Waals surface area (Å²) in [5.41, 5.74) is 0.918. The molecule has 2 aromatic rings. The van der Waals surface area contributed by atoms with Crippen molar-refractivity contribution in [2.45, 2.75) is 6.54 Å². The minimum absolute atomic E-state index is 0.0144. The van der Waals surface area contributed by atoms with Gasteiger partial charge in [0, 0.05) is 28.3 Å². The van der Waals surface area contributed by atoms with E-state index in [4.69, 9.17) is 5.26 Å². The van der Waals surface area contributed by atoms with Crippen molar-refractivity contribution in [2.24, 2.45) is 0 Å². The van der Waals surface area contributed by atoms with E-state index in [9.17, 15) is 14.5 Å². The predicted molar refractivity (Wildman–Crippen MR) is 79.2 cm³/mol. The van der Waals surface area contributed by atoms with Crippen molar-refractivity contribution >= 4 is 27.3 Å². The molecule has 0 bridgehead atoms. The van der Waals surface area contributed by atoms with Crippen LogP contribution in [0.5, 0.6) is 0 Å². The zero-order valence-electron chi connectivity index (χ0n) is 10.6. The van der Waals surface area contributed by atoms with Crippen LogP contribution in [0.25, 0.3) is 0 Å². The lowest BCUT2D eigenvalue weighted by atomic mass is 10.1. The first-order chi connectivity index (χ1) is 10.0. The fourth-order valence-corrected chi connectivity index (χ4v) is 2.12. The van der Waals surface area contributed by atoms with Gasteiger partial charge in [0.05, 0.1) is 10.5 Å². The van der Waals surface area contributed by atoms with Crippen LogP contribution >= 0.6 is 15.9 Å².